The number of carboxylic acids is 1. The van der Waals surface area contributed by atoms with Crippen LogP contribution in [0, 0.1) is 0 Å². The maximum absolute atomic E-state index is 12.5. The maximum atomic E-state index is 12.5. The highest BCUT2D eigenvalue weighted by Crippen LogP contribution is 2.18. The predicted molar refractivity (Wildman–Crippen MR) is 84.6 cm³/mol. The van der Waals surface area contributed by atoms with Gasteiger partial charge in [0.1, 0.15) is 0 Å². The van der Waals surface area contributed by atoms with Crippen molar-refractivity contribution in [3.8, 4) is 0 Å². The fourth-order valence-corrected chi connectivity index (χ4v) is 2.33. The molecule has 0 aliphatic heterocycles. The average molecular weight is 298 g/mol. The zero-order chi connectivity index (χ0) is 16.1. The van der Waals surface area contributed by atoms with Crippen molar-refractivity contribution in [2.24, 2.45) is 0 Å². The van der Waals surface area contributed by atoms with Crippen molar-refractivity contribution < 1.29 is 14.7 Å². The van der Waals surface area contributed by atoms with Gasteiger partial charge in [-0.3, -0.25) is 9.78 Å². The fourth-order valence-electron chi connectivity index (χ4n) is 2.33. The van der Waals surface area contributed by atoms with Gasteiger partial charge in [-0.25, -0.2) is 4.79 Å². The second kappa shape index (κ2) is 6.85. The number of benzene rings is 1. The van der Waals surface area contributed by atoms with Crippen molar-refractivity contribution in [1.29, 1.82) is 0 Å². The van der Waals surface area contributed by atoms with Crippen molar-refractivity contribution in [2.45, 2.75) is 13.8 Å². The molecule has 2 aromatic rings. The van der Waals surface area contributed by atoms with Gasteiger partial charge in [0.2, 0.25) is 0 Å². The van der Waals surface area contributed by atoms with Crippen molar-refractivity contribution in [3.05, 3.63) is 59.4 Å². The number of nitrogens with zero attached hydrogens (tertiary/aromatic N) is 2. The molecule has 0 amide bonds. The van der Waals surface area contributed by atoms with Gasteiger partial charge in [-0.1, -0.05) is 0 Å². The van der Waals surface area contributed by atoms with Crippen molar-refractivity contribution in [1.82, 2.24) is 4.98 Å². The first-order valence-electron chi connectivity index (χ1n) is 7.15. The third-order valence-corrected chi connectivity index (χ3v) is 3.55. The van der Waals surface area contributed by atoms with Crippen LogP contribution >= 0.6 is 0 Å². The smallest absolute Gasteiger partial charge is 0.338 e. The molecule has 0 aliphatic rings. The summed E-state index contributed by atoms with van der Waals surface area (Å²) in [5.41, 5.74) is 1.57. The van der Waals surface area contributed by atoms with Gasteiger partial charge in [0, 0.05) is 42.3 Å². The Bertz CT molecular complexity index is 677. The standard InChI is InChI=1S/C17H18N2O3/c1-3-19(4-2)13-7-5-12(6-8-13)16(20)14-9-10-18-11-15(14)17(21)22/h5-11H,3-4H2,1-2H3,(H,21,22). The molecule has 0 unspecified atom stereocenters. The molecule has 1 N–H and O–H groups in total. The number of carbonyl (C=O) groups excluding carboxylic acids is 1. The molecule has 1 aromatic carbocycles. The molecule has 5 heteroatoms. The van der Waals surface area contributed by atoms with Crippen molar-refractivity contribution in [3.63, 3.8) is 0 Å². The molecule has 0 saturated heterocycles. The molecule has 0 radical (unpaired) electrons. The SMILES string of the molecule is CCN(CC)c1ccc(C(=O)c2ccncc2C(=O)O)cc1. The second-order valence-electron chi connectivity index (χ2n) is 4.77. The number of hydrogen-bond donors (Lipinski definition) is 1. The number of ketones is 1. The zero-order valence-corrected chi connectivity index (χ0v) is 12.6. The molecule has 1 heterocycles. The average Bonchev–Trinajstić information content (AvgIpc) is 2.56. The quantitative estimate of drug-likeness (QED) is 0.830. The highest BCUT2D eigenvalue weighted by Gasteiger charge is 2.18. The van der Waals surface area contributed by atoms with E-state index in [9.17, 15) is 9.59 Å². The van der Waals surface area contributed by atoms with Crippen LogP contribution in [0.4, 0.5) is 5.69 Å². The van der Waals surface area contributed by atoms with Crippen LogP contribution in [0.3, 0.4) is 0 Å². The summed E-state index contributed by atoms with van der Waals surface area (Å²) in [6.07, 6.45) is 2.61. The van der Waals surface area contributed by atoms with Gasteiger partial charge < -0.3 is 10.0 Å². The molecule has 1 aromatic heterocycles. The number of anilines is 1. The van der Waals surface area contributed by atoms with Crippen LogP contribution in [-0.2, 0) is 0 Å². The first-order chi connectivity index (χ1) is 10.6. The minimum Gasteiger partial charge on any atom is -0.478 e. The Morgan fingerprint density at radius 3 is 2.23 bits per heavy atom. The van der Waals surface area contributed by atoms with Crippen LogP contribution in [0.25, 0.3) is 0 Å². The van der Waals surface area contributed by atoms with Crippen LogP contribution in [0.1, 0.15) is 40.1 Å². The van der Waals surface area contributed by atoms with Gasteiger partial charge >= 0.3 is 5.97 Å². The summed E-state index contributed by atoms with van der Waals surface area (Å²) in [5.74, 6) is -1.47. The van der Waals surface area contributed by atoms with Gasteiger partial charge in [0.25, 0.3) is 0 Å². The Balaban J connectivity index is 2.33. The Hall–Kier alpha value is -2.69. The van der Waals surface area contributed by atoms with Crippen molar-refractivity contribution >= 4 is 17.4 Å². The summed E-state index contributed by atoms with van der Waals surface area (Å²) in [7, 11) is 0. The maximum Gasteiger partial charge on any atom is 0.338 e. The summed E-state index contributed by atoms with van der Waals surface area (Å²) in [6, 6.07) is 8.64. The molecule has 0 fully saturated rings. The lowest BCUT2D eigenvalue weighted by atomic mass is 10.00. The van der Waals surface area contributed by atoms with E-state index in [1.54, 1.807) is 12.1 Å². The first-order valence-corrected chi connectivity index (χ1v) is 7.15. The second-order valence-corrected chi connectivity index (χ2v) is 4.77. The first kappa shape index (κ1) is 15.7. The number of hydrogen-bond acceptors (Lipinski definition) is 4. The zero-order valence-electron chi connectivity index (χ0n) is 12.6. The molecular weight excluding hydrogens is 280 g/mol. The van der Waals surface area contributed by atoms with Gasteiger partial charge in [-0.15, -0.1) is 0 Å². The van der Waals surface area contributed by atoms with E-state index in [-0.39, 0.29) is 16.9 Å². The number of carbonyl (C=O) groups is 2. The number of aromatic carboxylic acids is 1. The summed E-state index contributed by atoms with van der Waals surface area (Å²) in [4.78, 5) is 29.6. The summed E-state index contributed by atoms with van der Waals surface area (Å²) in [5, 5.41) is 9.14. The largest absolute Gasteiger partial charge is 0.478 e. The normalized spacial score (nSPS) is 10.3. The molecule has 2 rings (SSSR count). The Kier molecular flexibility index (Phi) is 4.88. The highest BCUT2D eigenvalue weighted by molar-refractivity contribution is 6.14. The Morgan fingerprint density at radius 2 is 1.68 bits per heavy atom. The minimum atomic E-state index is -1.16. The van der Waals surface area contributed by atoms with Gasteiger partial charge in [0.05, 0.1) is 5.56 Å². The van der Waals surface area contributed by atoms with Gasteiger partial charge in [-0.2, -0.15) is 0 Å². The van der Waals surface area contributed by atoms with E-state index in [2.05, 4.69) is 23.7 Å². The van der Waals surface area contributed by atoms with E-state index < -0.39 is 5.97 Å². The summed E-state index contributed by atoms with van der Waals surface area (Å²) >= 11 is 0. The molecule has 5 nitrogen and oxygen atoms in total. The van der Waals surface area contributed by atoms with E-state index in [0.717, 1.165) is 18.8 Å². The lowest BCUT2D eigenvalue weighted by Gasteiger charge is -2.21. The van der Waals surface area contributed by atoms with E-state index in [1.807, 2.05) is 12.1 Å². The van der Waals surface area contributed by atoms with Crippen molar-refractivity contribution in [2.75, 3.05) is 18.0 Å². The number of pyridine rings is 1. The van der Waals surface area contributed by atoms with E-state index in [4.69, 9.17) is 5.11 Å². The van der Waals surface area contributed by atoms with E-state index in [1.165, 1.54) is 18.5 Å². The van der Waals surface area contributed by atoms with Crippen LogP contribution in [0.2, 0.25) is 0 Å². The highest BCUT2D eigenvalue weighted by atomic mass is 16.4. The minimum absolute atomic E-state index is 0.0830. The lowest BCUT2D eigenvalue weighted by molar-refractivity contribution is 0.0692. The van der Waals surface area contributed by atoms with Gasteiger partial charge in [0.15, 0.2) is 5.78 Å². The third kappa shape index (κ3) is 3.14. The number of rotatable bonds is 6. The molecular formula is C17H18N2O3. The summed E-state index contributed by atoms with van der Waals surface area (Å²) in [6.45, 7) is 5.91. The number of aromatic nitrogens is 1. The molecule has 22 heavy (non-hydrogen) atoms. The monoisotopic (exact) mass is 298 g/mol. The molecule has 114 valence electrons. The Labute approximate surface area is 129 Å². The molecule has 0 spiro atoms. The topological polar surface area (TPSA) is 70.5 Å². The number of carboxylic acid groups (broad SMARTS) is 1. The van der Waals surface area contributed by atoms with Crippen LogP contribution in [0.15, 0.2) is 42.7 Å². The van der Waals surface area contributed by atoms with Gasteiger partial charge in [-0.05, 0) is 44.2 Å². The molecule has 0 atom stereocenters. The Morgan fingerprint density at radius 1 is 1.05 bits per heavy atom. The lowest BCUT2D eigenvalue weighted by Crippen LogP contribution is -2.21. The fraction of sp³-hybridized carbons (Fsp3) is 0.235. The molecule has 0 bridgehead atoms. The summed E-state index contributed by atoms with van der Waals surface area (Å²) < 4.78 is 0. The molecule has 0 saturated carbocycles. The van der Waals surface area contributed by atoms with Crippen LogP contribution in [0.5, 0.6) is 0 Å². The molecule has 0 aliphatic carbocycles. The van der Waals surface area contributed by atoms with E-state index in [0.29, 0.717) is 5.56 Å². The predicted octanol–water partition coefficient (Wildman–Crippen LogP) is 2.86. The van der Waals surface area contributed by atoms with Crippen LogP contribution < -0.4 is 4.90 Å². The third-order valence-electron chi connectivity index (χ3n) is 3.55. The van der Waals surface area contributed by atoms with E-state index >= 15 is 0 Å². The van der Waals surface area contributed by atoms with Crippen LogP contribution in [-0.4, -0.2) is 34.9 Å².